The lowest BCUT2D eigenvalue weighted by Crippen LogP contribution is -2.33. The Hall–Kier alpha value is -1.95. The van der Waals surface area contributed by atoms with E-state index in [-0.39, 0.29) is 11.9 Å². The summed E-state index contributed by atoms with van der Waals surface area (Å²) in [5, 5.41) is 2.76. The molecule has 0 bridgehead atoms. The fraction of sp³-hybridized carbons (Fsp3) is 0.308. The van der Waals surface area contributed by atoms with Crippen molar-refractivity contribution in [3.05, 3.63) is 29.3 Å². The number of aryl methyl sites for hydroxylation is 1. The van der Waals surface area contributed by atoms with Crippen molar-refractivity contribution in [1.29, 1.82) is 0 Å². The van der Waals surface area contributed by atoms with E-state index in [0.29, 0.717) is 17.7 Å². The van der Waals surface area contributed by atoms with Gasteiger partial charge in [0.2, 0.25) is 0 Å². The lowest BCUT2D eigenvalue weighted by molar-refractivity contribution is 0.0945. The van der Waals surface area contributed by atoms with Gasteiger partial charge >= 0.3 is 0 Å². The minimum Gasteiger partial charge on any atom is -0.399 e. The van der Waals surface area contributed by atoms with Crippen LogP contribution in [0.2, 0.25) is 0 Å². The van der Waals surface area contributed by atoms with Crippen molar-refractivity contribution in [2.24, 2.45) is 0 Å². The Morgan fingerprint density at radius 2 is 2.25 bits per heavy atom. The molecule has 1 unspecified atom stereocenters. The Morgan fingerprint density at radius 3 is 2.75 bits per heavy atom. The number of anilines is 1. The van der Waals surface area contributed by atoms with E-state index in [1.807, 2.05) is 19.9 Å². The highest BCUT2D eigenvalue weighted by molar-refractivity contribution is 5.95. The summed E-state index contributed by atoms with van der Waals surface area (Å²) in [6.07, 6.45) is 5.99. The minimum atomic E-state index is -0.228. The Balaban J connectivity index is 2.85. The van der Waals surface area contributed by atoms with Crippen molar-refractivity contribution in [3.63, 3.8) is 0 Å². The van der Waals surface area contributed by atoms with Crippen LogP contribution >= 0.6 is 0 Å². The Bertz CT molecular complexity index is 412. The number of carbonyl (C=O) groups is 1. The third kappa shape index (κ3) is 3.03. The van der Waals surface area contributed by atoms with Gasteiger partial charge in [0.15, 0.2) is 0 Å². The third-order valence-electron chi connectivity index (χ3n) is 2.28. The fourth-order valence-corrected chi connectivity index (χ4v) is 1.45. The van der Waals surface area contributed by atoms with Gasteiger partial charge in [-0.25, -0.2) is 0 Å². The molecule has 0 saturated heterocycles. The van der Waals surface area contributed by atoms with Crippen LogP contribution < -0.4 is 11.1 Å². The molecule has 0 heterocycles. The van der Waals surface area contributed by atoms with Gasteiger partial charge < -0.3 is 11.1 Å². The number of nitrogens with two attached hydrogens (primary N) is 1. The van der Waals surface area contributed by atoms with Gasteiger partial charge in [-0.3, -0.25) is 4.79 Å². The lowest BCUT2D eigenvalue weighted by atomic mass is 10.1. The first-order chi connectivity index (χ1) is 7.56. The SMILES string of the molecule is C#CC(CC)NC(=O)c1cc(C)cc(N)c1. The number of carbonyl (C=O) groups excluding carboxylic acids is 1. The normalized spacial score (nSPS) is 11.6. The zero-order valence-corrected chi connectivity index (χ0v) is 9.58. The number of rotatable bonds is 3. The Kier molecular flexibility index (Phi) is 3.96. The first kappa shape index (κ1) is 12.1. The van der Waals surface area contributed by atoms with E-state index in [4.69, 9.17) is 12.2 Å². The predicted octanol–water partition coefficient (Wildman–Crippen LogP) is 1.72. The van der Waals surface area contributed by atoms with Crippen LogP contribution in [0.1, 0.15) is 29.3 Å². The second kappa shape index (κ2) is 5.22. The van der Waals surface area contributed by atoms with Crippen LogP contribution in [0.3, 0.4) is 0 Å². The number of benzene rings is 1. The molecule has 0 fully saturated rings. The standard InChI is InChI=1S/C13H16N2O/c1-4-12(5-2)15-13(16)10-6-9(3)7-11(14)8-10/h1,6-8,12H,5,14H2,2-3H3,(H,15,16). The molecule has 1 atom stereocenters. The first-order valence-electron chi connectivity index (χ1n) is 5.21. The van der Waals surface area contributed by atoms with Crippen LogP contribution in [0.25, 0.3) is 0 Å². The molecular formula is C13H16N2O. The van der Waals surface area contributed by atoms with Crippen molar-refractivity contribution in [2.45, 2.75) is 26.3 Å². The Labute approximate surface area is 96.0 Å². The van der Waals surface area contributed by atoms with Crippen LogP contribution in [-0.2, 0) is 0 Å². The van der Waals surface area contributed by atoms with Crippen molar-refractivity contribution in [3.8, 4) is 12.3 Å². The molecule has 1 aromatic carbocycles. The molecule has 0 spiro atoms. The maximum atomic E-state index is 11.8. The van der Waals surface area contributed by atoms with Gasteiger partial charge in [0.05, 0.1) is 6.04 Å². The van der Waals surface area contributed by atoms with Gasteiger partial charge in [-0.2, -0.15) is 0 Å². The van der Waals surface area contributed by atoms with Gasteiger partial charge in [-0.15, -0.1) is 6.42 Å². The first-order valence-corrected chi connectivity index (χ1v) is 5.21. The van der Waals surface area contributed by atoms with E-state index < -0.39 is 0 Å². The molecule has 3 nitrogen and oxygen atoms in total. The molecule has 0 saturated carbocycles. The van der Waals surface area contributed by atoms with E-state index >= 15 is 0 Å². The minimum absolute atomic E-state index is 0.180. The molecular weight excluding hydrogens is 200 g/mol. The molecule has 16 heavy (non-hydrogen) atoms. The highest BCUT2D eigenvalue weighted by atomic mass is 16.1. The number of nitrogens with one attached hydrogen (secondary N) is 1. The van der Waals surface area contributed by atoms with Crippen molar-refractivity contribution in [2.75, 3.05) is 5.73 Å². The maximum Gasteiger partial charge on any atom is 0.252 e. The van der Waals surface area contributed by atoms with Crippen LogP contribution in [0, 0.1) is 19.3 Å². The van der Waals surface area contributed by atoms with Gasteiger partial charge in [0, 0.05) is 11.3 Å². The lowest BCUT2D eigenvalue weighted by Gasteiger charge is -2.11. The van der Waals surface area contributed by atoms with Gasteiger partial charge in [-0.1, -0.05) is 12.8 Å². The van der Waals surface area contributed by atoms with Crippen LogP contribution in [-0.4, -0.2) is 11.9 Å². The van der Waals surface area contributed by atoms with Gasteiger partial charge in [0.25, 0.3) is 5.91 Å². The second-order valence-electron chi connectivity index (χ2n) is 3.73. The molecule has 3 heteroatoms. The summed E-state index contributed by atoms with van der Waals surface area (Å²) in [4.78, 5) is 11.8. The van der Waals surface area contributed by atoms with Crippen molar-refractivity contribution in [1.82, 2.24) is 5.32 Å². The predicted molar refractivity (Wildman–Crippen MR) is 66.0 cm³/mol. The number of amides is 1. The summed E-state index contributed by atoms with van der Waals surface area (Å²) in [5.74, 6) is 2.34. The summed E-state index contributed by atoms with van der Waals surface area (Å²) in [5.41, 5.74) is 7.76. The second-order valence-corrected chi connectivity index (χ2v) is 3.73. The number of terminal acetylenes is 1. The highest BCUT2D eigenvalue weighted by Crippen LogP contribution is 2.11. The van der Waals surface area contributed by atoms with E-state index in [2.05, 4.69) is 11.2 Å². The average molecular weight is 216 g/mol. The molecule has 0 aliphatic rings. The maximum absolute atomic E-state index is 11.8. The third-order valence-corrected chi connectivity index (χ3v) is 2.28. The molecule has 1 aromatic rings. The van der Waals surface area contributed by atoms with Crippen LogP contribution in [0.15, 0.2) is 18.2 Å². The quantitative estimate of drug-likeness (QED) is 0.597. The van der Waals surface area contributed by atoms with E-state index in [0.717, 1.165) is 5.56 Å². The largest absolute Gasteiger partial charge is 0.399 e. The van der Waals surface area contributed by atoms with Crippen LogP contribution in [0.5, 0.6) is 0 Å². The highest BCUT2D eigenvalue weighted by Gasteiger charge is 2.10. The molecule has 0 aliphatic heterocycles. The van der Waals surface area contributed by atoms with E-state index in [1.54, 1.807) is 12.1 Å². The summed E-state index contributed by atoms with van der Waals surface area (Å²) < 4.78 is 0. The zero-order chi connectivity index (χ0) is 12.1. The average Bonchev–Trinajstić information content (AvgIpc) is 2.24. The Morgan fingerprint density at radius 1 is 1.56 bits per heavy atom. The molecule has 84 valence electrons. The summed E-state index contributed by atoms with van der Waals surface area (Å²) in [6, 6.07) is 5.02. The van der Waals surface area contributed by atoms with Gasteiger partial charge in [0.1, 0.15) is 0 Å². The van der Waals surface area contributed by atoms with E-state index in [9.17, 15) is 4.79 Å². The molecule has 0 aliphatic carbocycles. The summed E-state index contributed by atoms with van der Waals surface area (Å²) in [7, 11) is 0. The smallest absolute Gasteiger partial charge is 0.252 e. The molecule has 1 amide bonds. The van der Waals surface area contributed by atoms with Crippen molar-refractivity contribution < 1.29 is 4.79 Å². The molecule has 0 radical (unpaired) electrons. The molecule has 0 aromatic heterocycles. The monoisotopic (exact) mass is 216 g/mol. The number of hydrogen-bond donors (Lipinski definition) is 2. The zero-order valence-electron chi connectivity index (χ0n) is 9.58. The number of nitrogen functional groups attached to an aromatic ring is 1. The van der Waals surface area contributed by atoms with Gasteiger partial charge in [-0.05, 0) is 37.1 Å². The topological polar surface area (TPSA) is 55.1 Å². The summed E-state index contributed by atoms with van der Waals surface area (Å²) >= 11 is 0. The molecule has 3 N–H and O–H groups in total. The van der Waals surface area contributed by atoms with Crippen LogP contribution in [0.4, 0.5) is 5.69 Å². The van der Waals surface area contributed by atoms with Crippen molar-refractivity contribution >= 4 is 11.6 Å². The number of hydrogen-bond acceptors (Lipinski definition) is 2. The fourth-order valence-electron chi connectivity index (χ4n) is 1.45. The molecule has 1 rings (SSSR count). The summed E-state index contributed by atoms with van der Waals surface area (Å²) in [6.45, 7) is 3.82. The van der Waals surface area contributed by atoms with E-state index in [1.165, 1.54) is 0 Å².